The highest BCUT2D eigenvalue weighted by Gasteiger charge is 2.48. The lowest BCUT2D eigenvalue weighted by Crippen LogP contribution is -2.59. The van der Waals surface area contributed by atoms with E-state index in [2.05, 4.69) is 0 Å². The molecule has 0 unspecified atom stereocenters. The van der Waals surface area contributed by atoms with E-state index in [9.17, 15) is 19.5 Å². The first kappa shape index (κ1) is 18.1. The molecule has 0 aliphatic carbocycles. The zero-order valence-corrected chi connectivity index (χ0v) is 13.9. The zero-order chi connectivity index (χ0) is 16.2. The maximum atomic E-state index is 11.2. The second kappa shape index (κ2) is 7.90. The molecule has 5 atom stereocenters. The molecule has 1 aliphatic heterocycles. The average Bonchev–Trinajstić information content (AvgIpc) is 2.35. The number of carbonyl (C=O) groups excluding carboxylic acids is 3. The Morgan fingerprint density at radius 1 is 1.05 bits per heavy atom. The van der Waals surface area contributed by atoms with Crippen LogP contribution in [0.1, 0.15) is 20.8 Å². The fourth-order valence-electron chi connectivity index (χ4n) is 1.86. The van der Waals surface area contributed by atoms with Crippen molar-refractivity contribution < 1.29 is 38.4 Å². The van der Waals surface area contributed by atoms with Crippen molar-refractivity contribution in [3.63, 3.8) is 0 Å². The highest BCUT2D eigenvalue weighted by Crippen LogP contribution is 2.30. The van der Waals surface area contributed by atoms with Crippen molar-refractivity contribution in [3.05, 3.63) is 0 Å². The van der Waals surface area contributed by atoms with Crippen molar-refractivity contribution in [3.8, 4) is 0 Å². The molecule has 0 aromatic heterocycles. The summed E-state index contributed by atoms with van der Waals surface area (Å²) in [5.41, 5.74) is 0. The highest BCUT2D eigenvalue weighted by atomic mass is 127. The van der Waals surface area contributed by atoms with Gasteiger partial charge in [-0.2, -0.15) is 0 Å². The minimum absolute atomic E-state index is 0.107. The molecule has 0 amide bonds. The summed E-state index contributed by atoms with van der Waals surface area (Å²) in [6, 6.07) is 0. The predicted molar refractivity (Wildman–Crippen MR) is 76.4 cm³/mol. The SMILES string of the molecule is CC(=O)OC[C@H]1O[C@@H](O)[C@H](OC(C)=O)[C@@H](OC(C)=O)[C@@H]1I. The van der Waals surface area contributed by atoms with Crippen LogP contribution in [0.3, 0.4) is 0 Å². The Balaban J connectivity index is 2.87. The molecule has 1 saturated heterocycles. The molecule has 0 radical (unpaired) electrons. The normalized spacial score (nSPS) is 32.1. The molecule has 9 heteroatoms. The summed E-state index contributed by atoms with van der Waals surface area (Å²) in [5, 5.41) is 9.92. The van der Waals surface area contributed by atoms with E-state index in [4.69, 9.17) is 18.9 Å². The maximum absolute atomic E-state index is 11.2. The summed E-state index contributed by atoms with van der Waals surface area (Å²) in [7, 11) is 0. The molecule has 21 heavy (non-hydrogen) atoms. The van der Waals surface area contributed by atoms with Gasteiger partial charge >= 0.3 is 17.9 Å². The van der Waals surface area contributed by atoms with Crippen molar-refractivity contribution in [2.75, 3.05) is 6.61 Å². The summed E-state index contributed by atoms with van der Waals surface area (Å²) < 4.78 is 19.7. The van der Waals surface area contributed by atoms with Gasteiger partial charge in [-0.25, -0.2) is 0 Å². The van der Waals surface area contributed by atoms with E-state index in [0.29, 0.717) is 0 Å². The Hall–Kier alpha value is -0.940. The third-order valence-electron chi connectivity index (χ3n) is 2.64. The van der Waals surface area contributed by atoms with Gasteiger partial charge in [0.15, 0.2) is 18.5 Å². The van der Waals surface area contributed by atoms with Crippen LogP contribution in [0.15, 0.2) is 0 Å². The Morgan fingerprint density at radius 2 is 1.57 bits per heavy atom. The lowest BCUT2D eigenvalue weighted by molar-refractivity contribution is -0.259. The number of hydrogen-bond donors (Lipinski definition) is 1. The molecule has 0 bridgehead atoms. The van der Waals surface area contributed by atoms with Crippen molar-refractivity contribution in [1.29, 1.82) is 0 Å². The number of rotatable bonds is 4. The molecule has 0 aromatic carbocycles. The van der Waals surface area contributed by atoms with Crippen molar-refractivity contribution in [2.24, 2.45) is 0 Å². The monoisotopic (exact) mass is 416 g/mol. The summed E-state index contributed by atoms with van der Waals surface area (Å²) in [4.78, 5) is 33.1. The van der Waals surface area contributed by atoms with Crippen LogP contribution in [0.4, 0.5) is 0 Å². The van der Waals surface area contributed by atoms with Crippen LogP contribution >= 0.6 is 22.6 Å². The van der Waals surface area contributed by atoms with E-state index in [1.54, 1.807) is 0 Å². The van der Waals surface area contributed by atoms with Crippen molar-refractivity contribution in [2.45, 2.75) is 49.3 Å². The molecule has 0 spiro atoms. The molecule has 0 aromatic rings. The summed E-state index contributed by atoms with van der Waals surface area (Å²) in [6.45, 7) is 3.51. The number of aliphatic hydroxyl groups excluding tert-OH is 1. The molecule has 1 fully saturated rings. The van der Waals surface area contributed by atoms with E-state index >= 15 is 0 Å². The quantitative estimate of drug-likeness (QED) is 0.294. The van der Waals surface area contributed by atoms with Gasteiger partial charge in [-0.1, -0.05) is 22.6 Å². The van der Waals surface area contributed by atoms with Crippen LogP contribution in [-0.2, 0) is 33.3 Å². The van der Waals surface area contributed by atoms with E-state index in [1.165, 1.54) is 20.8 Å². The number of ether oxygens (including phenoxy) is 4. The smallest absolute Gasteiger partial charge is 0.303 e. The van der Waals surface area contributed by atoms with E-state index in [-0.39, 0.29) is 6.61 Å². The first-order valence-electron chi connectivity index (χ1n) is 6.17. The van der Waals surface area contributed by atoms with Crippen LogP contribution in [-0.4, -0.2) is 58.1 Å². The van der Waals surface area contributed by atoms with Crippen molar-refractivity contribution >= 4 is 40.5 Å². The fourth-order valence-corrected chi connectivity index (χ4v) is 2.79. The van der Waals surface area contributed by atoms with Crippen molar-refractivity contribution in [1.82, 2.24) is 0 Å². The van der Waals surface area contributed by atoms with Crippen LogP contribution in [0, 0.1) is 0 Å². The van der Waals surface area contributed by atoms with Gasteiger partial charge in [0.25, 0.3) is 0 Å². The molecule has 1 aliphatic rings. The minimum atomic E-state index is -1.48. The summed E-state index contributed by atoms with van der Waals surface area (Å²) in [5.74, 6) is -1.72. The summed E-state index contributed by atoms with van der Waals surface area (Å²) >= 11 is 1.94. The van der Waals surface area contributed by atoms with E-state index < -0.39 is 46.4 Å². The number of aliphatic hydroxyl groups is 1. The molecule has 120 valence electrons. The first-order chi connectivity index (χ1) is 9.72. The predicted octanol–water partition coefficient (Wildman–Crippen LogP) is -0.0663. The highest BCUT2D eigenvalue weighted by molar-refractivity contribution is 14.1. The van der Waals surface area contributed by atoms with Gasteiger partial charge in [0.1, 0.15) is 12.7 Å². The molecule has 1 rings (SSSR count). The standard InChI is InChI=1S/C12H17IO8/c1-5(14)18-4-8-9(13)10(19-6(2)15)11(12(17)21-8)20-7(3)16/h8-12,17H,4H2,1-3H3/t8-,9-,10+,11-,12-/m1/s1. The van der Waals surface area contributed by atoms with E-state index in [0.717, 1.165) is 0 Å². The lowest BCUT2D eigenvalue weighted by atomic mass is 10.0. The molecule has 1 heterocycles. The molecule has 1 N–H and O–H groups in total. The van der Waals surface area contributed by atoms with E-state index in [1.807, 2.05) is 22.6 Å². The molecule has 0 saturated carbocycles. The van der Waals surface area contributed by atoms with Crippen LogP contribution in [0.5, 0.6) is 0 Å². The number of halogens is 1. The fraction of sp³-hybridized carbons (Fsp3) is 0.750. The Kier molecular flexibility index (Phi) is 6.81. The number of alkyl halides is 1. The number of hydrogen-bond acceptors (Lipinski definition) is 8. The number of carbonyl (C=O) groups is 3. The summed E-state index contributed by atoms with van der Waals surface area (Å²) in [6.07, 6.45) is -4.22. The maximum Gasteiger partial charge on any atom is 0.303 e. The topological polar surface area (TPSA) is 108 Å². The third kappa shape index (κ3) is 5.40. The Labute approximate surface area is 135 Å². The second-order valence-electron chi connectivity index (χ2n) is 4.46. The Morgan fingerprint density at radius 3 is 2.05 bits per heavy atom. The Bertz CT molecular complexity index is 412. The van der Waals surface area contributed by atoms with Gasteiger partial charge < -0.3 is 24.1 Å². The largest absolute Gasteiger partial charge is 0.463 e. The molecule has 8 nitrogen and oxygen atoms in total. The van der Waals surface area contributed by atoms with Crippen LogP contribution in [0.2, 0.25) is 0 Å². The van der Waals surface area contributed by atoms with Gasteiger partial charge in [-0.3, -0.25) is 14.4 Å². The van der Waals surface area contributed by atoms with Gasteiger partial charge in [0.05, 0.1) is 3.92 Å². The zero-order valence-electron chi connectivity index (χ0n) is 11.8. The van der Waals surface area contributed by atoms with Gasteiger partial charge in [0.2, 0.25) is 0 Å². The lowest BCUT2D eigenvalue weighted by Gasteiger charge is -2.41. The van der Waals surface area contributed by atoms with Crippen LogP contribution < -0.4 is 0 Å². The second-order valence-corrected chi connectivity index (χ2v) is 5.90. The molecular formula is C12H17IO8. The minimum Gasteiger partial charge on any atom is -0.463 e. The van der Waals surface area contributed by atoms with Crippen LogP contribution in [0.25, 0.3) is 0 Å². The molecular weight excluding hydrogens is 399 g/mol. The third-order valence-corrected chi connectivity index (χ3v) is 4.15. The van der Waals surface area contributed by atoms with Gasteiger partial charge in [-0.05, 0) is 0 Å². The average molecular weight is 416 g/mol. The van der Waals surface area contributed by atoms with Gasteiger partial charge in [0, 0.05) is 20.8 Å². The first-order valence-corrected chi connectivity index (χ1v) is 7.42. The van der Waals surface area contributed by atoms with Gasteiger partial charge in [-0.15, -0.1) is 0 Å². The number of esters is 3.